The molecule has 6 nitrogen and oxygen atoms in total. The molecule has 7 heteroatoms. The molecule has 1 aromatic carbocycles. The fourth-order valence-electron chi connectivity index (χ4n) is 2.11. The number of carboxylic acid groups (broad SMARTS) is 1. The van der Waals surface area contributed by atoms with Crippen LogP contribution in [0.1, 0.15) is 23.2 Å². The summed E-state index contributed by atoms with van der Waals surface area (Å²) in [6.07, 6.45) is 1.72. The number of benzene rings is 1. The van der Waals surface area contributed by atoms with Crippen LogP contribution in [0.5, 0.6) is 5.75 Å². The van der Waals surface area contributed by atoms with Gasteiger partial charge in [0.2, 0.25) is 5.91 Å². The van der Waals surface area contributed by atoms with Gasteiger partial charge >= 0.3 is 5.97 Å². The maximum atomic E-state index is 12.0. The Balaban J connectivity index is 2.23. The molecule has 20 heavy (non-hydrogen) atoms. The molecule has 1 heterocycles. The summed E-state index contributed by atoms with van der Waals surface area (Å²) in [5, 5.41) is 15.0. The number of carbonyl (C=O) groups is 2. The topological polar surface area (TPSA) is 87.7 Å². The van der Waals surface area contributed by atoms with Crippen LogP contribution in [0.2, 0.25) is 5.02 Å². The average molecular weight is 299 g/mol. The van der Waals surface area contributed by atoms with Gasteiger partial charge in [0.05, 0.1) is 23.9 Å². The van der Waals surface area contributed by atoms with E-state index in [4.69, 9.17) is 21.4 Å². The van der Waals surface area contributed by atoms with Crippen molar-refractivity contribution < 1.29 is 19.4 Å². The maximum absolute atomic E-state index is 12.0. The van der Waals surface area contributed by atoms with Crippen LogP contribution in [0.25, 0.3) is 0 Å². The maximum Gasteiger partial charge on any atom is 0.339 e. The predicted octanol–water partition coefficient (Wildman–Crippen LogP) is 1.74. The Bertz CT molecular complexity index is 541. The van der Waals surface area contributed by atoms with Crippen molar-refractivity contribution in [1.82, 2.24) is 5.32 Å². The van der Waals surface area contributed by atoms with Gasteiger partial charge in [0, 0.05) is 6.07 Å². The normalized spacial score (nSPS) is 17.8. The van der Waals surface area contributed by atoms with E-state index in [0.29, 0.717) is 5.69 Å². The molecule has 0 aromatic heterocycles. The van der Waals surface area contributed by atoms with Gasteiger partial charge in [-0.25, -0.2) is 4.79 Å². The van der Waals surface area contributed by atoms with Crippen molar-refractivity contribution in [3.05, 3.63) is 22.7 Å². The summed E-state index contributed by atoms with van der Waals surface area (Å²) in [6, 6.07) is 2.44. The molecule has 0 spiro atoms. The number of aromatic carboxylic acids is 1. The molecule has 1 atom stereocenters. The van der Waals surface area contributed by atoms with E-state index in [2.05, 4.69) is 10.6 Å². The van der Waals surface area contributed by atoms with E-state index in [0.717, 1.165) is 19.4 Å². The summed E-state index contributed by atoms with van der Waals surface area (Å²) in [6.45, 7) is 0.813. The Morgan fingerprint density at radius 1 is 1.50 bits per heavy atom. The Hall–Kier alpha value is -1.79. The van der Waals surface area contributed by atoms with Crippen LogP contribution >= 0.6 is 11.6 Å². The molecular formula is C13H15ClN2O4. The highest BCUT2D eigenvalue weighted by atomic mass is 35.5. The van der Waals surface area contributed by atoms with Gasteiger partial charge < -0.3 is 20.5 Å². The number of hydrogen-bond donors (Lipinski definition) is 3. The SMILES string of the molecule is COc1cc(NC(=O)[C@@H]2CCCN2)c(Cl)cc1C(=O)O. The number of halogens is 1. The first-order chi connectivity index (χ1) is 9.52. The van der Waals surface area contributed by atoms with Crippen molar-refractivity contribution in [2.75, 3.05) is 19.0 Å². The molecular weight excluding hydrogens is 284 g/mol. The molecule has 1 amide bonds. The van der Waals surface area contributed by atoms with Crippen LogP contribution in [0, 0.1) is 0 Å². The molecule has 3 N–H and O–H groups in total. The first-order valence-electron chi connectivity index (χ1n) is 6.18. The summed E-state index contributed by atoms with van der Waals surface area (Å²) in [5.74, 6) is -1.18. The number of anilines is 1. The second-order valence-corrected chi connectivity index (χ2v) is 4.88. The third kappa shape index (κ3) is 3.02. The Labute approximate surface area is 121 Å². The lowest BCUT2D eigenvalue weighted by molar-refractivity contribution is -0.117. The van der Waals surface area contributed by atoms with Gasteiger partial charge in [-0.1, -0.05) is 11.6 Å². The van der Waals surface area contributed by atoms with Gasteiger partial charge in [-0.3, -0.25) is 4.79 Å². The second kappa shape index (κ2) is 6.11. The summed E-state index contributed by atoms with van der Waals surface area (Å²) < 4.78 is 5.00. The smallest absolute Gasteiger partial charge is 0.339 e. The minimum atomic E-state index is -1.14. The van der Waals surface area contributed by atoms with E-state index in [9.17, 15) is 9.59 Å². The average Bonchev–Trinajstić information content (AvgIpc) is 2.94. The number of nitrogens with one attached hydrogen (secondary N) is 2. The summed E-state index contributed by atoms with van der Waals surface area (Å²) in [5.41, 5.74) is 0.293. The van der Waals surface area contributed by atoms with Crippen molar-refractivity contribution in [3.8, 4) is 5.75 Å². The highest BCUT2D eigenvalue weighted by Gasteiger charge is 2.23. The summed E-state index contributed by atoms with van der Waals surface area (Å²) in [7, 11) is 1.36. The second-order valence-electron chi connectivity index (χ2n) is 4.48. The molecule has 0 radical (unpaired) electrons. The molecule has 2 rings (SSSR count). The molecule has 1 aliphatic rings. The van der Waals surface area contributed by atoms with Crippen molar-refractivity contribution in [3.63, 3.8) is 0 Å². The van der Waals surface area contributed by atoms with Crippen molar-refractivity contribution in [2.24, 2.45) is 0 Å². The van der Waals surface area contributed by atoms with Gasteiger partial charge in [-0.05, 0) is 25.5 Å². The number of carboxylic acids is 1. The fourth-order valence-corrected chi connectivity index (χ4v) is 2.32. The van der Waals surface area contributed by atoms with Gasteiger partial charge in [-0.15, -0.1) is 0 Å². The van der Waals surface area contributed by atoms with Gasteiger partial charge in [0.15, 0.2) is 0 Å². The predicted molar refractivity (Wildman–Crippen MR) is 74.6 cm³/mol. The number of carbonyl (C=O) groups excluding carboxylic acids is 1. The Kier molecular flexibility index (Phi) is 4.46. The molecule has 0 saturated carbocycles. The molecule has 0 bridgehead atoms. The third-order valence-electron chi connectivity index (χ3n) is 3.15. The first-order valence-corrected chi connectivity index (χ1v) is 6.56. The van der Waals surface area contributed by atoms with Crippen LogP contribution in [0.4, 0.5) is 5.69 Å². The van der Waals surface area contributed by atoms with E-state index >= 15 is 0 Å². The van der Waals surface area contributed by atoms with Gasteiger partial charge in [-0.2, -0.15) is 0 Å². The molecule has 1 aliphatic heterocycles. The molecule has 1 fully saturated rings. The monoisotopic (exact) mass is 298 g/mol. The Morgan fingerprint density at radius 2 is 2.25 bits per heavy atom. The van der Waals surface area contributed by atoms with Crippen LogP contribution in [0.15, 0.2) is 12.1 Å². The third-order valence-corrected chi connectivity index (χ3v) is 3.47. The van der Waals surface area contributed by atoms with Gasteiger partial charge in [0.1, 0.15) is 11.3 Å². The highest BCUT2D eigenvalue weighted by molar-refractivity contribution is 6.34. The number of amides is 1. The van der Waals surface area contributed by atoms with Crippen molar-refractivity contribution in [2.45, 2.75) is 18.9 Å². The van der Waals surface area contributed by atoms with E-state index in [1.807, 2.05) is 0 Å². The van der Waals surface area contributed by atoms with Crippen LogP contribution in [0.3, 0.4) is 0 Å². The zero-order valence-electron chi connectivity index (χ0n) is 10.9. The molecule has 1 aromatic rings. The van der Waals surface area contributed by atoms with Crippen molar-refractivity contribution in [1.29, 1.82) is 0 Å². The summed E-state index contributed by atoms with van der Waals surface area (Å²) in [4.78, 5) is 23.0. The number of rotatable bonds is 4. The number of ether oxygens (including phenoxy) is 1. The number of hydrogen-bond acceptors (Lipinski definition) is 4. The lowest BCUT2D eigenvalue weighted by Crippen LogP contribution is -2.35. The molecule has 0 unspecified atom stereocenters. The first kappa shape index (κ1) is 14.6. The summed E-state index contributed by atoms with van der Waals surface area (Å²) >= 11 is 6.00. The minimum absolute atomic E-state index is 0.0468. The lowest BCUT2D eigenvalue weighted by atomic mass is 10.1. The van der Waals surface area contributed by atoms with E-state index in [1.165, 1.54) is 19.2 Å². The van der Waals surface area contributed by atoms with Gasteiger partial charge in [0.25, 0.3) is 0 Å². The molecule has 1 saturated heterocycles. The highest BCUT2D eigenvalue weighted by Crippen LogP contribution is 2.31. The van der Waals surface area contributed by atoms with Crippen molar-refractivity contribution >= 4 is 29.2 Å². The quantitative estimate of drug-likeness (QED) is 0.788. The zero-order valence-corrected chi connectivity index (χ0v) is 11.7. The Morgan fingerprint density at radius 3 is 2.80 bits per heavy atom. The van der Waals surface area contributed by atoms with E-state index in [-0.39, 0.29) is 28.3 Å². The van der Waals surface area contributed by atoms with E-state index < -0.39 is 5.97 Å². The van der Waals surface area contributed by atoms with E-state index in [1.54, 1.807) is 0 Å². The fraction of sp³-hybridized carbons (Fsp3) is 0.385. The lowest BCUT2D eigenvalue weighted by Gasteiger charge is -2.14. The molecule has 0 aliphatic carbocycles. The minimum Gasteiger partial charge on any atom is -0.496 e. The van der Waals surface area contributed by atoms with Crippen LogP contribution in [-0.4, -0.2) is 36.7 Å². The largest absolute Gasteiger partial charge is 0.496 e. The van der Waals surface area contributed by atoms with Crippen LogP contribution in [-0.2, 0) is 4.79 Å². The zero-order chi connectivity index (χ0) is 14.7. The standard InChI is InChI=1S/C13H15ClN2O4/c1-20-11-6-10(8(14)5-7(11)13(18)19)16-12(17)9-3-2-4-15-9/h5-6,9,15H,2-4H2,1H3,(H,16,17)(H,18,19)/t9-/m0/s1. The van der Waals surface area contributed by atoms with Crippen LogP contribution < -0.4 is 15.4 Å². The molecule has 108 valence electrons. The number of methoxy groups -OCH3 is 1.